The summed E-state index contributed by atoms with van der Waals surface area (Å²) in [7, 11) is 10.7. The molecule has 10 atom stereocenters. The highest BCUT2D eigenvalue weighted by Crippen LogP contribution is 2.33. The van der Waals surface area contributed by atoms with Gasteiger partial charge in [0, 0.05) is 49.8 Å². The predicted molar refractivity (Wildman–Crippen MR) is 102 cm³/mol. The molecule has 2 fully saturated rings. The maximum Gasteiger partial charge on any atom is 0.187 e. The standard InChI is InChI=1S/C19H36O11/c1-21-8-10-12(20)14(23-3)16(25-5)19(28-10)30-13-11(9-22-2)29-18(27-7)17(26-6)15(13)24-4/h10-20H,8-9H2,1-7H3/t10?,11?,12-,13+,14+,15+,16?,17?,18-,19+/m0/s1. The van der Waals surface area contributed by atoms with E-state index in [1.807, 2.05) is 0 Å². The van der Waals surface area contributed by atoms with Crippen molar-refractivity contribution in [2.45, 2.75) is 61.4 Å². The Morgan fingerprint density at radius 1 is 0.567 bits per heavy atom. The van der Waals surface area contributed by atoms with E-state index in [2.05, 4.69) is 0 Å². The summed E-state index contributed by atoms with van der Waals surface area (Å²) in [6.45, 7) is 0.378. The van der Waals surface area contributed by atoms with Crippen LogP contribution in [-0.4, -0.2) is 130 Å². The molecule has 2 saturated heterocycles. The molecule has 0 aromatic heterocycles. The van der Waals surface area contributed by atoms with Crippen LogP contribution in [0.5, 0.6) is 0 Å². The van der Waals surface area contributed by atoms with Gasteiger partial charge in [0.15, 0.2) is 12.6 Å². The number of hydrogen-bond acceptors (Lipinski definition) is 11. The van der Waals surface area contributed by atoms with Crippen molar-refractivity contribution in [2.24, 2.45) is 0 Å². The van der Waals surface area contributed by atoms with E-state index in [9.17, 15) is 5.11 Å². The zero-order valence-electron chi connectivity index (χ0n) is 18.7. The second-order valence-electron chi connectivity index (χ2n) is 7.12. The van der Waals surface area contributed by atoms with Crippen molar-refractivity contribution in [3.05, 3.63) is 0 Å². The summed E-state index contributed by atoms with van der Waals surface area (Å²) in [5, 5.41) is 10.6. The highest BCUT2D eigenvalue weighted by molar-refractivity contribution is 4.96. The number of rotatable bonds is 11. The first-order valence-electron chi connectivity index (χ1n) is 9.77. The molecule has 2 heterocycles. The van der Waals surface area contributed by atoms with Crippen LogP contribution in [0.3, 0.4) is 0 Å². The summed E-state index contributed by atoms with van der Waals surface area (Å²) in [6, 6.07) is 0. The Morgan fingerprint density at radius 3 is 1.57 bits per heavy atom. The van der Waals surface area contributed by atoms with Crippen LogP contribution in [0.25, 0.3) is 0 Å². The van der Waals surface area contributed by atoms with Gasteiger partial charge in [0.2, 0.25) is 0 Å². The normalized spacial score (nSPS) is 42.4. The maximum absolute atomic E-state index is 10.6. The van der Waals surface area contributed by atoms with Crippen molar-refractivity contribution >= 4 is 0 Å². The fraction of sp³-hybridized carbons (Fsp3) is 1.00. The molecule has 0 bridgehead atoms. The van der Waals surface area contributed by atoms with E-state index in [1.54, 1.807) is 21.3 Å². The Bertz CT molecular complexity index is 479. The van der Waals surface area contributed by atoms with Crippen LogP contribution < -0.4 is 0 Å². The van der Waals surface area contributed by atoms with Crippen LogP contribution in [0, 0.1) is 0 Å². The average molecular weight is 440 g/mol. The Kier molecular flexibility index (Phi) is 10.8. The minimum Gasteiger partial charge on any atom is -0.387 e. The van der Waals surface area contributed by atoms with E-state index < -0.39 is 61.4 Å². The first-order valence-corrected chi connectivity index (χ1v) is 9.77. The molecule has 4 unspecified atom stereocenters. The second-order valence-corrected chi connectivity index (χ2v) is 7.12. The number of ether oxygens (including phenoxy) is 10. The lowest BCUT2D eigenvalue weighted by Gasteiger charge is -2.48. The van der Waals surface area contributed by atoms with Crippen molar-refractivity contribution in [1.82, 2.24) is 0 Å². The minimum atomic E-state index is -0.958. The molecule has 0 aliphatic carbocycles. The van der Waals surface area contributed by atoms with Gasteiger partial charge in [-0.2, -0.15) is 0 Å². The van der Waals surface area contributed by atoms with Gasteiger partial charge < -0.3 is 52.5 Å². The molecule has 0 saturated carbocycles. The first kappa shape index (κ1) is 25.8. The van der Waals surface area contributed by atoms with E-state index in [-0.39, 0.29) is 13.2 Å². The van der Waals surface area contributed by atoms with Crippen LogP contribution in [0.15, 0.2) is 0 Å². The molecule has 0 amide bonds. The molecule has 0 aromatic rings. The molecule has 1 N–H and O–H groups in total. The minimum absolute atomic E-state index is 0.153. The van der Waals surface area contributed by atoms with Crippen LogP contribution in [0.1, 0.15) is 0 Å². The molecule has 11 heteroatoms. The predicted octanol–water partition coefficient (Wildman–Crippen LogP) is -0.818. The van der Waals surface area contributed by atoms with Gasteiger partial charge in [-0.3, -0.25) is 0 Å². The summed E-state index contributed by atoms with van der Waals surface area (Å²) in [5.74, 6) is 0. The van der Waals surface area contributed by atoms with Crippen molar-refractivity contribution in [3.8, 4) is 0 Å². The summed E-state index contributed by atoms with van der Waals surface area (Å²) in [6.07, 6.45) is -6.88. The zero-order chi connectivity index (χ0) is 22.3. The Labute approximate surface area is 177 Å². The highest BCUT2D eigenvalue weighted by Gasteiger charge is 2.52. The number of aliphatic hydroxyl groups excluding tert-OH is 1. The van der Waals surface area contributed by atoms with Gasteiger partial charge in [-0.15, -0.1) is 0 Å². The molecular formula is C19H36O11. The highest BCUT2D eigenvalue weighted by atomic mass is 16.8. The lowest BCUT2D eigenvalue weighted by molar-refractivity contribution is -0.364. The monoisotopic (exact) mass is 440 g/mol. The third-order valence-electron chi connectivity index (χ3n) is 5.48. The molecule has 0 aromatic carbocycles. The van der Waals surface area contributed by atoms with Gasteiger partial charge >= 0.3 is 0 Å². The molecule has 11 nitrogen and oxygen atoms in total. The quantitative estimate of drug-likeness (QED) is 0.435. The van der Waals surface area contributed by atoms with E-state index in [1.165, 1.54) is 28.4 Å². The molecule has 0 spiro atoms. The van der Waals surface area contributed by atoms with Crippen molar-refractivity contribution in [1.29, 1.82) is 0 Å². The van der Waals surface area contributed by atoms with Gasteiger partial charge in [-0.25, -0.2) is 0 Å². The van der Waals surface area contributed by atoms with Crippen LogP contribution >= 0.6 is 0 Å². The van der Waals surface area contributed by atoms with Gasteiger partial charge in [0.05, 0.1) is 13.2 Å². The van der Waals surface area contributed by atoms with Crippen molar-refractivity contribution < 1.29 is 52.5 Å². The van der Waals surface area contributed by atoms with Gasteiger partial charge in [0.1, 0.15) is 48.8 Å². The molecule has 0 radical (unpaired) electrons. The van der Waals surface area contributed by atoms with Gasteiger partial charge in [0.25, 0.3) is 0 Å². The SMILES string of the molecule is COCC1O[C@H](OC)C(OC)[C@H](OC)[C@@H]1O[C@H]1OC(COC)[C@H](O)[C@@H](OC)C1OC. The third-order valence-corrected chi connectivity index (χ3v) is 5.48. The summed E-state index contributed by atoms with van der Waals surface area (Å²) >= 11 is 0. The topological polar surface area (TPSA) is 113 Å². The zero-order valence-corrected chi connectivity index (χ0v) is 18.7. The maximum atomic E-state index is 10.6. The molecule has 2 aliphatic rings. The molecule has 2 rings (SSSR count). The third kappa shape index (κ3) is 5.48. The van der Waals surface area contributed by atoms with Crippen LogP contribution in [0.2, 0.25) is 0 Å². The van der Waals surface area contributed by atoms with E-state index in [4.69, 9.17) is 47.4 Å². The van der Waals surface area contributed by atoms with E-state index >= 15 is 0 Å². The summed E-state index contributed by atoms with van der Waals surface area (Å²) in [5.41, 5.74) is 0. The van der Waals surface area contributed by atoms with E-state index in [0.29, 0.717) is 0 Å². The molecule has 2 aliphatic heterocycles. The number of aliphatic hydroxyl groups is 1. The molecular weight excluding hydrogens is 404 g/mol. The molecule has 178 valence electrons. The number of methoxy groups -OCH3 is 7. The van der Waals surface area contributed by atoms with E-state index in [0.717, 1.165) is 0 Å². The fourth-order valence-electron chi connectivity index (χ4n) is 4.02. The van der Waals surface area contributed by atoms with Crippen molar-refractivity contribution in [2.75, 3.05) is 63.0 Å². The average Bonchev–Trinajstić information content (AvgIpc) is 2.75. The lowest BCUT2D eigenvalue weighted by Crippen LogP contribution is -2.65. The van der Waals surface area contributed by atoms with Gasteiger partial charge in [-0.05, 0) is 0 Å². The molecule has 30 heavy (non-hydrogen) atoms. The summed E-state index contributed by atoms with van der Waals surface area (Å²) in [4.78, 5) is 0. The Balaban J connectivity index is 2.30. The fourth-order valence-corrected chi connectivity index (χ4v) is 4.02. The number of hydrogen-bond donors (Lipinski definition) is 1. The van der Waals surface area contributed by atoms with Crippen LogP contribution in [0.4, 0.5) is 0 Å². The lowest BCUT2D eigenvalue weighted by atomic mass is 9.96. The van der Waals surface area contributed by atoms with Crippen molar-refractivity contribution in [3.63, 3.8) is 0 Å². The Hall–Kier alpha value is -0.440. The van der Waals surface area contributed by atoms with Gasteiger partial charge in [-0.1, -0.05) is 0 Å². The second kappa shape index (κ2) is 12.6. The summed E-state index contributed by atoms with van der Waals surface area (Å²) < 4.78 is 56.5. The van der Waals surface area contributed by atoms with Crippen LogP contribution in [-0.2, 0) is 47.4 Å². The largest absolute Gasteiger partial charge is 0.387 e. The first-order chi connectivity index (χ1) is 14.5. The smallest absolute Gasteiger partial charge is 0.187 e. The Morgan fingerprint density at radius 2 is 1.07 bits per heavy atom.